The highest BCUT2D eigenvalue weighted by Crippen LogP contribution is 2.28. The fourth-order valence-electron chi connectivity index (χ4n) is 2.89. The minimum absolute atomic E-state index is 0.506. The zero-order valence-electron chi connectivity index (χ0n) is 12.3. The summed E-state index contributed by atoms with van der Waals surface area (Å²) in [5, 5.41) is 4.61. The lowest BCUT2D eigenvalue weighted by molar-refractivity contribution is 0.221. The molecule has 0 radical (unpaired) electrons. The molecule has 2 aromatic heterocycles. The van der Waals surface area contributed by atoms with Crippen LogP contribution in [0.3, 0.4) is 0 Å². The second kappa shape index (κ2) is 5.61. The van der Waals surface area contributed by atoms with Crippen LogP contribution >= 0.6 is 11.3 Å². The van der Waals surface area contributed by atoms with Gasteiger partial charge in [-0.3, -0.25) is 0 Å². The first-order valence-corrected chi connectivity index (χ1v) is 7.96. The lowest BCUT2D eigenvalue weighted by atomic mass is 9.90. The van der Waals surface area contributed by atoms with Crippen LogP contribution in [0.15, 0.2) is 6.33 Å². The van der Waals surface area contributed by atoms with Crippen molar-refractivity contribution in [1.82, 2.24) is 19.9 Å². The van der Waals surface area contributed by atoms with Crippen molar-refractivity contribution in [2.45, 2.75) is 44.7 Å². The van der Waals surface area contributed by atoms with E-state index in [2.05, 4.69) is 39.3 Å². The minimum Gasteiger partial charge on any atom is -0.365 e. The smallest absolute Gasteiger partial charge is 0.157 e. The molecule has 2 heterocycles. The fourth-order valence-corrected chi connectivity index (χ4v) is 3.65. The second-order valence-corrected chi connectivity index (χ2v) is 6.90. The Morgan fingerprint density at radius 2 is 1.95 bits per heavy atom. The first kappa shape index (κ1) is 13.7. The van der Waals surface area contributed by atoms with Crippen LogP contribution in [0, 0.1) is 6.92 Å². The van der Waals surface area contributed by atoms with Crippen LogP contribution in [0.2, 0.25) is 0 Å². The average Bonchev–Trinajstić information content (AvgIpc) is 2.81. The predicted octanol–water partition coefficient (Wildman–Crippen LogP) is 2.68. The topological polar surface area (TPSA) is 53.9 Å². The van der Waals surface area contributed by atoms with E-state index < -0.39 is 0 Å². The van der Waals surface area contributed by atoms with Gasteiger partial charge in [0.05, 0.1) is 5.01 Å². The Hall–Kier alpha value is -1.27. The fraction of sp³-hybridized carbons (Fsp3) is 0.643. The van der Waals surface area contributed by atoms with E-state index in [0.29, 0.717) is 6.04 Å². The zero-order chi connectivity index (χ0) is 14.1. The molecule has 0 unspecified atom stereocenters. The minimum atomic E-state index is 0.506. The normalized spacial score (nSPS) is 23.4. The molecule has 3 rings (SSSR count). The highest BCUT2D eigenvalue weighted by molar-refractivity contribution is 7.18. The Balaban J connectivity index is 1.71. The van der Waals surface area contributed by atoms with Gasteiger partial charge in [0.1, 0.15) is 16.7 Å². The van der Waals surface area contributed by atoms with E-state index in [0.717, 1.165) is 27.2 Å². The van der Waals surface area contributed by atoms with Crippen molar-refractivity contribution >= 4 is 27.5 Å². The summed E-state index contributed by atoms with van der Waals surface area (Å²) in [7, 11) is 4.34. The molecule has 1 saturated carbocycles. The van der Waals surface area contributed by atoms with Crippen LogP contribution in [-0.2, 0) is 0 Å². The van der Waals surface area contributed by atoms with Gasteiger partial charge in [0, 0.05) is 12.1 Å². The quantitative estimate of drug-likeness (QED) is 0.942. The van der Waals surface area contributed by atoms with E-state index in [9.17, 15) is 0 Å². The van der Waals surface area contributed by atoms with Gasteiger partial charge in [0.15, 0.2) is 5.82 Å². The number of nitrogens with zero attached hydrogens (tertiary/aromatic N) is 4. The first-order chi connectivity index (χ1) is 9.63. The van der Waals surface area contributed by atoms with Gasteiger partial charge in [-0.25, -0.2) is 15.0 Å². The number of aromatic nitrogens is 3. The van der Waals surface area contributed by atoms with Crippen LogP contribution < -0.4 is 5.32 Å². The van der Waals surface area contributed by atoms with Crippen molar-refractivity contribution in [1.29, 1.82) is 0 Å². The molecule has 108 valence electrons. The molecule has 0 aromatic carbocycles. The summed E-state index contributed by atoms with van der Waals surface area (Å²) < 4.78 is 0. The Kier molecular flexibility index (Phi) is 3.85. The molecule has 1 aliphatic carbocycles. The highest BCUT2D eigenvalue weighted by atomic mass is 32.1. The van der Waals surface area contributed by atoms with Gasteiger partial charge in [0.25, 0.3) is 0 Å². The number of aryl methyl sites for hydroxylation is 1. The van der Waals surface area contributed by atoms with E-state index in [1.807, 2.05) is 6.92 Å². The Morgan fingerprint density at radius 1 is 1.20 bits per heavy atom. The van der Waals surface area contributed by atoms with Crippen molar-refractivity contribution in [3.05, 3.63) is 11.3 Å². The molecule has 20 heavy (non-hydrogen) atoms. The third-order valence-corrected chi connectivity index (χ3v) is 4.95. The lowest BCUT2D eigenvalue weighted by Gasteiger charge is -2.33. The average molecular weight is 291 g/mol. The molecule has 1 N–H and O–H groups in total. The molecule has 0 amide bonds. The summed E-state index contributed by atoms with van der Waals surface area (Å²) in [5.74, 6) is 0.896. The number of nitrogens with one attached hydrogen (secondary N) is 1. The van der Waals surface area contributed by atoms with Crippen LogP contribution in [0.4, 0.5) is 5.82 Å². The van der Waals surface area contributed by atoms with E-state index in [4.69, 9.17) is 0 Å². The number of thiazole rings is 1. The third-order valence-electron chi connectivity index (χ3n) is 4.07. The van der Waals surface area contributed by atoms with Crippen molar-refractivity contribution in [3.63, 3.8) is 0 Å². The molecule has 1 aliphatic rings. The van der Waals surface area contributed by atoms with E-state index in [-0.39, 0.29) is 0 Å². The van der Waals surface area contributed by atoms with E-state index in [1.165, 1.54) is 25.7 Å². The Morgan fingerprint density at radius 3 is 2.65 bits per heavy atom. The largest absolute Gasteiger partial charge is 0.365 e. The second-order valence-electron chi connectivity index (χ2n) is 5.72. The van der Waals surface area contributed by atoms with Crippen LogP contribution in [0.25, 0.3) is 10.3 Å². The molecular weight excluding hydrogens is 270 g/mol. The van der Waals surface area contributed by atoms with E-state index >= 15 is 0 Å². The van der Waals surface area contributed by atoms with Gasteiger partial charge in [-0.2, -0.15) is 0 Å². The summed E-state index contributed by atoms with van der Waals surface area (Å²) in [6.45, 7) is 2.01. The molecule has 6 heteroatoms. The molecular formula is C14H21N5S. The molecule has 0 spiro atoms. The van der Waals surface area contributed by atoms with Gasteiger partial charge in [0.2, 0.25) is 0 Å². The zero-order valence-corrected chi connectivity index (χ0v) is 13.1. The standard InChI is InChI=1S/C14H21N5S/c1-9-17-12-13(15-8-16-14(12)20-9)18-10-4-6-11(7-5-10)19(2)3/h8,10-11H,4-7H2,1-3H3,(H,15,16,18). The van der Waals surface area contributed by atoms with Gasteiger partial charge in [-0.1, -0.05) is 11.3 Å². The molecule has 0 atom stereocenters. The Bertz CT molecular complexity index is 586. The van der Waals surface area contributed by atoms with Gasteiger partial charge < -0.3 is 10.2 Å². The van der Waals surface area contributed by atoms with Gasteiger partial charge >= 0.3 is 0 Å². The highest BCUT2D eigenvalue weighted by Gasteiger charge is 2.23. The first-order valence-electron chi connectivity index (χ1n) is 7.14. The molecule has 5 nitrogen and oxygen atoms in total. The SMILES string of the molecule is Cc1nc2c(NC3CCC(N(C)C)CC3)ncnc2s1. The maximum Gasteiger partial charge on any atom is 0.157 e. The lowest BCUT2D eigenvalue weighted by Crippen LogP contribution is -2.36. The monoisotopic (exact) mass is 291 g/mol. The number of hydrogen-bond donors (Lipinski definition) is 1. The summed E-state index contributed by atoms with van der Waals surface area (Å²) >= 11 is 1.62. The van der Waals surface area contributed by atoms with Crippen LogP contribution in [0.1, 0.15) is 30.7 Å². The maximum atomic E-state index is 4.54. The molecule has 0 bridgehead atoms. The van der Waals surface area contributed by atoms with Crippen molar-refractivity contribution < 1.29 is 0 Å². The molecule has 0 aliphatic heterocycles. The number of hydrogen-bond acceptors (Lipinski definition) is 6. The van der Waals surface area contributed by atoms with Crippen molar-refractivity contribution in [2.24, 2.45) is 0 Å². The van der Waals surface area contributed by atoms with Crippen LogP contribution in [-0.4, -0.2) is 46.0 Å². The van der Waals surface area contributed by atoms with Crippen LogP contribution in [0.5, 0.6) is 0 Å². The summed E-state index contributed by atoms with van der Waals surface area (Å²) in [5.41, 5.74) is 0.921. The number of rotatable bonds is 3. The molecule has 1 fully saturated rings. The summed E-state index contributed by atoms with van der Waals surface area (Å²) in [4.78, 5) is 16.5. The van der Waals surface area contributed by atoms with Crippen molar-refractivity contribution in [3.8, 4) is 0 Å². The predicted molar refractivity (Wildman–Crippen MR) is 83.3 cm³/mol. The number of anilines is 1. The third kappa shape index (κ3) is 2.76. The summed E-state index contributed by atoms with van der Waals surface area (Å²) in [6.07, 6.45) is 6.51. The van der Waals surface area contributed by atoms with E-state index in [1.54, 1.807) is 17.7 Å². The van der Waals surface area contributed by atoms with Gasteiger partial charge in [-0.15, -0.1) is 0 Å². The molecule has 2 aromatic rings. The van der Waals surface area contributed by atoms with Crippen molar-refractivity contribution in [2.75, 3.05) is 19.4 Å². The van der Waals surface area contributed by atoms with Gasteiger partial charge in [-0.05, 0) is 46.7 Å². The summed E-state index contributed by atoms with van der Waals surface area (Å²) in [6, 6.07) is 1.23. The maximum absolute atomic E-state index is 4.54. The molecule has 0 saturated heterocycles. The number of fused-ring (bicyclic) bond motifs is 1. The Labute approximate surface area is 123 Å².